The molecule has 1 aliphatic heterocycles. The molecule has 0 saturated carbocycles. The summed E-state index contributed by atoms with van der Waals surface area (Å²) in [6.45, 7) is 0.138. The van der Waals surface area contributed by atoms with E-state index in [0.717, 1.165) is 6.20 Å². The van der Waals surface area contributed by atoms with Crippen LogP contribution in [0, 0.1) is 0 Å². The fourth-order valence-corrected chi connectivity index (χ4v) is 2.57. The molecule has 1 aromatic rings. The summed E-state index contributed by atoms with van der Waals surface area (Å²) in [7, 11) is 0. The van der Waals surface area contributed by atoms with Gasteiger partial charge in [0.1, 0.15) is 11.9 Å². The summed E-state index contributed by atoms with van der Waals surface area (Å²) in [5.74, 6) is 5.40. The molecule has 2 heterocycles. The Balaban J connectivity index is 2.18. The normalized spacial score (nSPS) is 20.6. The third-order valence-electron chi connectivity index (χ3n) is 3.47. The standard InChI is InChI=1S/C12H16F3N5O2/c13-12(14,15)10(7-1-2-9(19-16)17-5-7)20-4-3-8(6-20)18-11(21)22/h1-2,5,8,10,18H,3-4,6,16H2,(H,17,19)(H,21,22)/t8-,10?/m0/s1. The van der Waals surface area contributed by atoms with Crippen LogP contribution in [0.2, 0.25) is 0 Å². The van der Waals surface area contributed by atoms with Crippen molar-refractivity contribution in [2.24, 2.45) is 5.84 Å². The Hall–Kier alpha value is -2.07. The van der Waals surface area contributed by atoms with Gasteiger partial charge in [0.05, 0.1) is 0 Å². The predicted octanol–water partition coefficient (Wildman–Crippen LogP) is 1.31. The summed E-state index contributed by atoms with van der Waals surface area (Å²) in [5.41, 5.74) is 2.24. The fourth-order valence-electron chi connectivity index (χ4n) is 2.57. The number of hydrogen-bond donors (Lipinski definition) is 4. The van der Waals surface area contributed by atoms with E-state index in [-0.39, 0.29) is 24.5 Å². The molecule has 7 nitrogen and oxygen atoms in total. The Morgan fingerprint density at radius 1 is 1.50 bits per heavy atom. The molecule has 0 spiro atoms. The van der Waals surface area contributed by atoms with Crippen molar-refractivity contribution in [2.45, 2.75) is 24.7 Å². The van der Waals surface area contributed by atoms with Crippen LogP contribution in [0.25, 0.3) is 0 Å². The average Bonchev–Trinajstić information content (AvgIpc) is 2.85. The number of rotatable bonds is 4. The highest BCUT2D eigenvalue weighted by Gasteiger charge is 2.47. The van der Waals surface area contributed by atoms with E-state index in [0.29, 0.717) is 6.42 Å². The number of nitrogen functional groups attached to an aromatic ring is 1. The van der Waals surface area contributed by atoms with E-state index in [1.165, 1.54) is 17.0 Å². The van der Waals surface area contributed by atoms with Gasteiger partial charge in [-0.05, 0) is 18.1 Å². The van der Waals surface area contributed by atoms with Gasteiger partial charge in [-0.2, -0.15) is 13.2 Å². The second-order valence-corrected chi connectivity index (χ2v) is 5.00. The largest absolute Gasteiger partial charge is 0.465 e. The lowest BCUT2D eigenvalue weighted by atomic mass is 10.1. The second-order valence-electron chi connectivity index (χ2n) is 5.00. The third kappa shape index (κ3) is 3.77. The molecular weight excluding hydrogens is 303 g/mol. The van der Waals surface area contributed by atoms with Crippen LogP contribution in [-0.4, -0.2) is 46.4 Å². The first-order valence-corrected chi connectivity index (χ1v) is 6.54. The van der Waals surface area contributed by atoms with Crippen LogP contribution < -0.4 is 16.6 Å². The van der Waals surface area contributed by atoms with Crippen molar-refractivity contribution >= 4 is 11.9 Å². The molecule has 0 aliphatic carbocycles. The number of likely N-dealkylation sites (tertiary alicyclic amines) is 1. The predicted molar refractivity (Wildman–Crippen MR) is 72.0 cm³/mol. The first-order valence-electron chi connectivity index (χ1n) is 6.54. The number of nitrogens with zero attached hydrogens (tertiary/aromatic N) is 2. The highest BCUT2D eigenvalue weighted by molar-refractivity contribution is 5.64. The summed E-state index contributed by atoms with van der Waals surface area (Å²) < 4.78 is 40.1. The van der Waals surface area contributed by atoms with Crippen LogP contribution >= 0.6 is 0 Å². The maximum absolute atomic E-state index is 13.4. The highest BCUT2D eigenvalue weighted by atomic mass is 19.4. The van der Waals surface area contributed by atoms with E-state index < -0.39 is 24.4 Å². The van der Waals surface area contributed by atoms with Crippen molar-refractivity contribution in [2.75, 3.05) is 18.5 Å². The Morgan fingerprint density at radius 2 is 2.23 bits per heavy atom. The zero-order valence-electron chi connectivity index (χ0n) is 11.5. The quantitative estimate of drug-likeness (QED) is 0.493. The maximum Gasteiger partial charge on any atom is 0.408 e. The number of hydrogen-bond acceptors (Lipinski definition) is 5. The molecule has 1 aliphatic rings. The zero-order valence-corrected chi connectivity index (χ0v) is 11.5. The molecule has 122 valence electrons. The smallest absolute Gasteiger partial charge is 0.408 e. The molecule has 1 saturated heterocycles. The minimum Gasteiger partial charge on any atom is -0.465 e. The third-order valence-corrected chi connectivity index (χ3v) is 3.47. The highest BCUT2D eigenvalue weighted by Crippen LogP contribution is 2.39. The molecule has 1 amide bonds. The molecule has 22 heavy (non-hydrogen) atoms. The van der Waals surface area contributed by atoms with Gasteiger partial charge in [-0.15, -0.1) is 0 Å². The van der Waals surface area contributed by atoms with E-state index >= 15 is 0 Å². The number of hydrazine groups is 1. The molecule has 1 fully saturated rings. The molecular formula is C12H16F3N5O2. The molecule has 2 rings (SSSR count). The van der Waals surface area contributed by atoms with Gasteiger partial charge in [-0.3, -0.25) is 4.90 Å². The van der Waals surface area contributed by atoms with Crippen LogP contribution in [0.5, 0.6) is 0 Å². The van der Waals surface area contributed by atoms with Crippen LogP contribution in [-0.2, 0) is 0 Å². The van der Waals surface area contributed by atoms with Crippen molar-refractivity contribution < 1.29 is 23.1 Å². The summed E-state index contributed by atoms with van der Waals surface area (Å²) in [4.78, 5) is 15.6. The summed E-state index contributed by atoms with van der Waals surface area (Å²) in [5, 5.41) is 10.9. The summed E-state index contributed by atoms with van der Waals surface area (Å²) in [6.07, 6.45) is -4.28. The van der Waals surface area contributed by atoms with Gasteiger partial charge in [-0.25, -0.2) is 15.6 Å². The first-order chi connectivity index (χ1) is 10.3. The molecule has 2 atom stereocenters. The maximum atomic E-state index is 13.4. The van der Waals surface area contributed by atoms with Crippen LogP contribution in [0.1, 0.15) is 18.0 Å². The fraction of sp³-hybridized carbons (Fsp3) is 0.500. The Labute approximate surface area is 124 Å². The number of aromatic nitrogens is 1. The van der Waals surface area contributed by atoms with Crippen LogP contribution in [0.3, 0.4) is 0 Å². The molecule has 0 bridgehead atoms. The number of carboxylic acid groups (broad SMARTS) is 1. The van der Waals surface area contributed by atoms with Crippen LogP contribution in [0.15, 0.2) is 18.3 Å². The van der Waals surface area contributed by atoms with E-state index in [1.807, 2.05) is 0 Å². The van der Waals surface area contributed by atoms with Gasteiger partial charge in [-0.1, -0.05) is 6.07 Å². The number of pyridine rings is 1. The molecule has 10 heteroatoms. The molecule has 1 unspecified atom stereocenters. The lowest BCUT2D eigenvalue weighted by Crippen LogP contribution is -2.40. The average molecular weight is 319 g/mol. The van der Waals surface area contributed by atoms with E-state index in [4.69, 9.17) is 10.9 Å². The van der Waals surface area contributed by atoms with Crippen molar-refractivity contribution in [3.63, 3.8) is 0 Å². The number of nitrogens with two attached hydrogens (primary N) is 1. The van der Waals surface area contributed by atoms with Gasteiger partial charge in [0.15, 0.2) is 0 Å². The lowest BCUT2D eigenvalue weighted by molar-refractivity contribution is -0.183. The number of halogens is 3. The zero-order chi connectivity index (χ0) is 16.3. The van der Waals surface area contributed by atoms with Gasteiger partial charge in [0.2, 0.25) is 0 Å². The van der Waals surface area contributed by atoms with Crippen molar-refractivity contribution in [3.8, 4) is 0 Å². The molecule has 1 aromatic heterocycles. The topological polar surface area (TPSA) is 104 Å². The number of amides is 1. The Morgan fingerprint density at radius 3 is 2.73 bits per heavy atom. The SMILES string of the molecule is NNc1ccc(C(N2CC[C@H](NC(=O)O)C2)C(F)(F)F)cn1. The number of nitrogens with one attached hydrogen (secondary N) is 2. The van der Waals surface area contributed by atoms with Gasteiger partial charge in [0.25, 0.3) is 0 Å². The van der Waals surface area contributed by atoms with Gasteiger partial charge >= 0.3 is 12.3 Å². The van der Waals surface area contributed by atoms with Crippen LogP contribution in [0.4, 0.5) is 23.8 Å². The lowest BCUT2D eigenvalue weighted by Gasteiger charge is -2.30. The van der Waals surface area contributed by atoms with Gasteiger partial charge in [0, 0.05) is 25.3 Å². The second kappa shape index (κ2) is 6.36. The summed E-state index contributed by atoms with van der Waals surface area (Å²) in [6, 6.07) is 0.322. The van der Waals surface area contributed by atoms with E-state index in [9.17, 15) is 18.0 Å². The number of anilines is 1. The minimum atomic E-state index is -4.49. The molecule has 0 aromatic carbocycles. The van der Waals surface area contributed by atoms with Gasteiger partial charge < -0.3 is 15.8 Å². The first kappa shape index (κ1) is 16.3. The van der Waals surface area contributed by atoms with Crippen molar-refractivity contribution in [1.29, 1.82) is 0 Å². The monoisotopic (exact) mass is 319 g/mol. The number of carbonyl (C=O) groups is 1. The van der Waals surface area contributed by atoms with E-state index in [2.05, 4.69) is 15.7 Å². The van der Waals surface area contributed by atoms with E-state index in [1.54, 1.807) is 0 Å². The molecule has 0 radical (unpaired) electrons. The minimum absolute atomic E-state index is 0.00658. The Bertz CT molecular complexity index is 522. The molecule has 5 N–H and O–H groups in total. The number of alkyl halides is 3. The van der Waals surface area contributed by atoms with Crippen molar-refractivity contribution in [3.05, 3.63) is 23.9 Å². The van der Waals surface area contributed by atoms with Crippen molar-refractivity contribution in [1.82, 2.24) is 15.2 Å². The Kier molecular flexibility index (Phi) is 4.71. The summed E-state index contributed by atoms with van der Waals surface area (Å²) >= 11 is 0.